The molecule has 0 aromatic carbocycles. The van der Waals surface area contributed by atoms with E-state index in [-0.39, 0.29) is 29.2 Å². The van der Waals surface area contributed by atoms with Gasteiger partial charge in [-0.05, 0) is 0 Å². The monoisotopic (exact) mass is 460 g/mol. The van der Waals surface area contributed by atoms with Crippen LogP contribution in [0.15, 0.2) is 6.33 Å². The first-order valence-electron chi connectivity index (χ1n) is 9.66. The number of fused-ring (bicyclic) bond motifs is 1. The van der Waals surface area contributed by atoms with Crippen LogP contribution in [0.3, 0.4) is 0 Å². The zero-order valence-electron chi connectivity index (χ0n) is 18.1. The molecule has 174 valence electrons. The molecule has 14 heteroatoms. The van der Waals surface area contributed by atoms with E-state index in [4.69, 9.17) is 18.9 Å². The van der Waals surface area contributed by atoms with E-state index in [0.29, 0.717) is 0 Å². The molecule has 33 heavy (non-hydrogen) atoms. The number of ether oxygens (including phenoxy) is 4. The summed E-state index contributed by atoms with van der Waals surface area (Å²) in [6, 6.07) is 1.90. The Kier molecular flexibility index (Phi) is 6.83. The summed E-state index contributed by atoms with van der Waals surface area (Å²) in [6.07, 6.45) is -3.47. The first-order valence-corrected chi connectivity index (χ1v) is 9.66. The largest absolute Gasteiger partial charge is 0.463 e. The van der Waals surface area contributed by atoms with Crippen molar-refractivity contribution in [2.45, 2.75) is 52.2 Å². The smallest absolute Gasteiger partial charge is 0.303 e. The van der Waals surface area contributed by atoms with Crippen LogP contribution >= 0.6 is 0 Å². The number of hydrogen-bond acceptors (Lipinski definition) is 12. The predicted octanol–water partition coefficient (Wildman–Crippen LogP) is -0.0197. The van der Waals surface area contributed by atoms with Crippen LogP contribution in [0, 0.1) is 11.3 Å². The van der Waals surface area contributed by atoms with Crippen molar-refractivity contribution in [2.24, 2.45) is 0 Å². The van der Waals surface area contributed by atoms with E-state index in [1.807, 2.05) is 6.07 Å². The number of carbonyl (C=O) groups excluding carboxylic acids is 4. The van der Waals surface area contributed by atoms with Crippen molar-refractivity contribution in [3.05, 3.63) is 12.0 Å². The normalized spacial score (nSPS) is 21.8. The number of carbonyl (C=O) groups is 4. The van der Waals surface area contributed by atoms with E-state index in [9.17, 15) is 24.4 Å². The minimum Gasteiger partial charge on any atom is -0.463 e. The molecule has 1 N–H and O–H groups in total. The van der Waals surface area contributed by atoms with E-state index < -0.39 is 48.4 Å². The van der Waals surface area contributed by atoms with Crippen LogP contribution in [-0.4, -0.2) is 68.5 Å². The maximum Gasteiger partial charge on any atom is 0.303 e. The van der Waals surface area contributed by atoms with E-state index in [1.54, 1.807) is 0 Å². The van der Waals surface area contributed by atoms with Crippen LogP contribution in [0.5, 0.6) is 0 Å². The Morgan fingerprint density at radius 2 is 1.76 bits per heavy atom. The molecule has 1 aliphatic rings. The Hall–Kier alpha value is -4.12. The second-order valence-corrected chi connectivity index (χ2v) is 7.02. The van der Waals surface area contributed by atoms with Gasteiger partial charge in [-0.15, -0.1) is 0 Å². The number of esters is 3. The van der Waals surface area contributed by atoms with Gasteiger partial charge in [-0.25, -0.2) is 14.6 Å². The fourth-order valence-electron chi connectivity index (χ4n) is 3.38. The lowest BCUT2D eigenvalue weighted by molar-refractivity contribution is -0.166. The lowest BCUT2D eigenvalue weighted by atomic mass is 10.1. The Morgan fingerprint density at radius 3 is 2.33 bits per heavy atom. The molecule has 14 nitrogen and oxygen atoms in total. The van der Waals surface area contributed by atoms with Crippen molar-refractivity contribution in [3.63, 3.8) is 0 Å². The highest BCUT2D eigenvalue weighted by Gasteiger charge is 2.51. The van der Waals surface area contributed by atoms with Crippen molar-refractivity contribution in [1.82, 2.24) is 19.7 Å². The number of anilines is 1. The quantitative estimate of drug-likeness (QED) is 0.449. The first-order chi connectivity index (χ1) is 15.6. The third-order valence-electron chi connectivity index (χ3n) is 4.47. The minimum absolute atomic E-state index is 0.0466. The third-order valence-corrected chi connectivity index (χ3v) is 4.47. The molecule has 1 aliphatic heterocycles. The number of nitrogens with one attached hydrogen (secondary N) is 1. The zero-order chi connectivity index (χ0) is 24.3. The van der Waals surface area contributed by atoms with Crippen LogP contribution in [-0.2, 0) is 38.1 Å². The molecule has 0 aliphatic carbocycles. The highest BCUT2D eigenvalue weighted by molar-refractivity contribution is 5.99. The number of hydrogen-bond donors (Lipinski definition) is 1. The summed E-state index contributed by atoms with van der Waals surface area (Å²) < 4.78 is 22.8. The van der Waals surface area contributed by atoms with Gasteiger partial charge in [0.05, 0.1) is 0 Å². The standard InChI is InChI=1S/C19H20N6O8/c1-8(26)23-17-14-12(5-20)24-25(18(14)22-7-21-17)19-16(32-11(4)29)15(31-10(3)28)13(33-19)6-30-9(2)27/h7,13,15-16,19H,6H2,1-4H3,(H,21,22,23,26)/t13-,15-,16-,19-/m1/s1. The molecule has 1 saturated heterocycles. The van der Waals surface area contributed by atoms with Crippen LogP contribution in [0.1, 0.15) is 39.6 Å². The average molecular weight is 460 g/mol. The SMILES string of the molecule is CC(=O)Nc1ncnc2c1c(C#N)nn2[C@@H]1O[C@H](COC(C)=O)[C@@H](OC(C)=O)[C@H]1OC(C)=O. The molecular formula is C19H20N6O8. The van der Waals surface area contributed by atoms with Crippen LogP contribution in [0.2, 0.25) is 0 Å². The maximum absolute atomic E-state index is 11.8. The molecule has 0 spiro atoms. The fraction of sp³-hybridized carbons (Fsp3) is 0.474. The van der Waals surface area contributed by atoms with Gasteiger partial charge < -0.3 is 24.3 Å². The topological polar surface area (TPSA) is 185 Å². The summed E-state index contributed by atoms with van der Waals surface area (Å²) in [4.78, 5) is 54.5. The van der Waals surface area contributed by atoms with Crippen LogP contribution < -0.4 is 5.32 Å². The number of rotatable bonds is 6. The summed E-state index contributed by atoms with van der Waals surface area (Å²) in [7, 11) is 0. The number of nitriles is 1. The molecule has 1 amide bonds. The van der Waals surface area contributed by atoms with E-state index in [0.717, 1.165) is 20.2 Å². The molecule has 0 bridgehead atoms. The molecule has 2 aromatic rings. The first kappa shape index (κ1) is 23.5. The Labute approximate surface area is 186 Å². The van der Waals surface area contributed by atoms with Crippen molar-refractivity contribution < 1.29 is 38.1 Å². The number of amides is 1. The van der Waals surface area contributed by atoms with Gasteiger partial charge in [0.1, 0.15) is 36.3 Å². The molecule has 3 heterocycles. The Morgan fingerprint density at radius 1 is 1.09 bits per heavy atom. The maximum atomic E-state index is 11.8. The van der Waals surface area contributed by atoms with E-state index >= 15 is 0 Å². The van der Waals surface area contributed by atoms with Gasteiger partial charge in [0.2, 0.25) is 5.91 Å². The molecule has 4 atom stereocenters. The summed E-state index contributed by atoms with van der Waals surface area (Å²) in [5.74, 6) is -2.38. The predicted molar refractivity (Wildman–Crippen MR) is 106 cm³/mol. The second kappa shape index (κ2) is 9.57. The Bertz CT molecular complexity index is 1160. The molecule has 1 fully saturated rings. The zero-order valence-corrected chi connectivity index (χ0v) is 18.1. The minimum atomic E-state index is -1.22. The summed E-state index contributed by atoms with van der Waals surface area (Å²) in [5.41, 5.74) is -0.0471. The summed E-state index contributed by atoms with van der Waals surface area (Å²) in [5, 5.41) is 16.4. The lowest BCUT2D eigenvalue weighted by Gasteiger charge is -2.23. The number of aromatic nitrogens is 4. The molecule has 3 rings (SSSR count). The third kappa shape index (κ3) is 5.04. The molecule has 2 aromatic heterocycles. The van der Waals surface area contributed by atoms with Crippen molar-refractivity contribution in [1.29, 1.82) is 5.26 Å². The lowest BCUT2D eigenvalue weighted by Crippen LogP contribution is -2.40. The van der Waals surface area contributed by atoms with Gasteiger partial charge in [0.25, 0.3) is 0 Å². The van der Waals surface area contributed by atoms with Gasteiger partial charge in [0, 0.05) is 27.7 Å². The van der Waals surface area contributed by atoms with Gasteiger partial charge in [-0.2, -0.15) is 10.4 Å². The van der Waals surface area contributed by atoms with Crippen molar-refractivity contribution >= 4 is 40.7 Å². The van der Waals surface area contributed by atoms with Gasteiger partial charge in [0.15, 0.2) is 29.8 Å². The van der Waals surface area contributed by atoms with Gasteiger partial charge in [-0.1, -0.05) is 0 Å². The number of nitrogens with zero attached hydrogens (tertiary/aromatic N) is 5. The van der Waals surface area contributed by atoms with Crippen LogP contribution in [0.4, 0.5) is 5.82 Å². The summed E-state index contributed by atoms with van der Waals surface area (Å²) in [6.45, 7) is 4.46. The van der Waals surface area contributed by atoms with Gasteiger partial charge in [-0.3, -0.25) is 19.2 Å². The molecule has 0 radical (unpaired) electrons. The summed E-state index contributed by atoms with van der Waals surface area (Å²) >= 11 is 0. The van der Waals surface area contributed by atoms with Crippen molar-refractivity contribution in [3.8, 4) is 6.07 Å². The highest BCUT2D eigenvalue weighted by atomic mass is 16.7. The van der Waals surface area contributed by atoms with Gasteiger partial charge >= 0.3 is 17.9 Å². The molecule has 0 saturated carbocycles. The molecule has 0 unspecified atom stereocenters. The highest BCUT2D eigenvalue weighted by Crippen LogP contribution is 2.37. The fourth-order valence-corrected chi connectivity index (χ4v) is 3.38. The van der Waals surface area contributed by atoms with Crippen LogP contribution in [0.25, 0.3) is 11.0 Å². The second-order valence-electron chi connectivity index (χ2n) is 7.02. The van der Waals surface area contributed by atoms with Crippen molar-refractivity contribution in [2.75, 3.05) is 11.9 Å². The van der Waals surface area contributed by atoms with E-state index in [2.05, 4.69) is 20.4 Å². The Balaban J connectivity index is 2.13. The molecular weight excluding hydrogens is 440 g/mol. The average Bonchev–Trinajstić information content (AvgIpc) is 3.24. The van der Waals surface area contributed by atoms with E-state index in [1.165, 1.54) is 18.5 Å².